The van der Waals surface area contributed by atoms with Crippen LogP contribution in [0.15, 0.2) is 41.5 Å². The van der Waals surface area contributed by atoms with Gasteiger partial charge in [0.25, 0.3) is 5.56 Å². The van der Waals surface area contributed by atoms with Crippen molar-refractivity contribution < 1.29 is 0 Å². The second kappa shape index (κ2) is 4.00. The van der Waals surface area contributed by atoms with Crippen LogP contribution in [0, 0.1) is 4.64 Å². The number of H-pyrrole nitrogens is 1. The molecule has 2 rings (SSSR count). The number of aromatic nitrogens is 2. The predicted octanol–water partition coefficient (Wildman–Crippen LogP) is 2.55. The number of halogens is 1. The summed E-state index contributed by atoms with van der Waals surface area (Å²) in [6.45, 7) is 0. The Kier molecular flexibility index (Phi) is 2.70. The lowest BCUT2D eigenvalue weighted by Crippen LogP contribution is -2.18. The fourth-order valence-corrected chi connectivity index (χ4v) is 1.52. The molecule has 0 unspecified atom stereocenters. The summed E-state index contributed by atoms with van der Waals surface area (Å²) in [6.07, 6.45) is 3.25. The third-order valence-electron chi connectivity index (χ3n) is 1.96. The van der Waals surface area contributed by atoms with Crippen molar-refractivity contribution in [2.45, 2.75) is 0 Å². The van der Waals surface area contributed by atoms with Crippen LogP contribution in [0.1, 0.15) is 0 Å². The first kappa shape index (κ1) is 10.1. The Hall–Kier alpha value is -1.39. The summed E-state index contributed by atoms with van der Waals surface area (Å²) in [7, 11) is 0. The van der Waals surface area contributed by atoms with Crippen LogP contribution in [-0.2, 0) is 0 Å². The third kappa shape index (κ3) is 2.00. The molecule has 0 spiro atoms. The van der Waals surface area contributed by atoms with Gasteiger partial charge in [-0.1, -0.05) is 23.8 Å². The van der Waals surface area contributed by atoms with Crippen LogP contribution in [0.3, 0.4) is 0 Å². The van der Waals surface area contributed by atoms with E-state index in [1.807, 2.05) is 0 Å². The molecule has 1 aromatic carbocycles. The zero-order valence-corrected chi connectivity index (χ0v) is 9.18. The molecule has 1 aromatic heterocycles. The maximum atomic E-state index is 11.6. The lowest BCUT2D eigenvalue weighted by molar-refractivity contribution is 0.946. The highest BCUT2D eigenvalue weighted by Gasteiger charge is 1.99. The number of nitrogens with zero attached hydrogens (tertiary/aromatic N) is 1. The smallest absolute Gasteiger partial charge is 0.290 e. The van der Waals surface area contributed by atoms with Crippen LogP contribution in [0.2, 0.25) is 5.02 Å². The van der Waals surface area contributed by atoms with E-state index in [0.717, 1.165) is 5.69 Å². The molecule has 5 heteroatoms. The van der Waals surface area contributed by atoms with Gasteiger partial charge in [-0.3, -0.25) is 9.36 Å². The van der Waals surface area contributed by atoms with Gasteiger partial charge in [0, 0.05) is 23.1 Å². The van der Waals surface area contributed by atoms with Gasteiger partial charge in [-0.25, -0.2) is 0 Å². The summed E-state index contributed by atoms with van der Waals surface area (Å²) < 4.78 is 1.65. The van der Waals surface area contributed by atoms with Gasteiger partial charge in [-0.2, -0.15) is 0 Å². The molecule has 76 valence electrons. The van der Waals surface area contributed by atoms with Gasteiger partial charge in [0.15, 0.2) is 4.64 Å². The molecule has 0 saturated heterocycles. The fraction of sp³-hybridized carbons (Fsp3) is 0. The molecule has 3 nitrogen and oxygen atoms in total. The summed E-state index contributed by atoms with van der Waals surface area (Å²) in [5, 5.41) is 0.632. The molecule has 1 heterocycles. The van der Waals surface area contributed by atoms with E-state index in [0.29, 0.717) is 5.02 Å². The Labute approximate surface area is 96.0 Å². The van der Waals surface area contributed by atoms with Crippen molar-refractivity contribution >= 4 is 23.8 Å². The molecule has 2 aromatic rings. The van der Waals surface area contributed by atoms with E-state index in [1.54, 1.807) is 36.7 Å². The van der Waals surface area contributed by atoms with E-state index < -0.39 is 0 Å². The second-order valence-electron chi connectivity index (χ2n) is 2.94. The van der Waals surface area contributed by atoms with Gasteiger partial charge in [-0.15, -0.1) is 0 Å². The average molecular weight is 239 g/mol. The molecule has 1 N–H and O–H groups in total. The first-order chi connectivity index (χ1) is 7.18. The van der Waals surface area contributed by atoms with Crippen molar-refractivity contribution in [1.82, 2.24) is 9.55 Å². The first-order valence-electron chi connectivity index (χ1n) is 4.25. The van der Waals surface area contributed by atoms with Crippen LogP contribution in [0.4, 0.5) is 0 Å². The summed E-state index contributed by atoms with van der Waals surface area (Å²) in [4.78, 5) is 14.3. The Bertz CT molecular complexity index is 585. The Morgan fingerprint density at radius 2 is 1.93 bits per heavy atom. The molecule has 0 saturated carbocycles. The molecule has 0 fully saturated rings. The predicted molar refractivity (Wildman–Crippen MR) is 62.2 cm³/mol. The van der Waals surface area contributed by atoms with Gasteiger partial charge >= 0.3 is 0 Å². The van der Waals surface area contributed by atoms with Crippen LogP contribution >= 0.6 is 23.8 Å². The second-order valence-corrected chi connectivity index (χ2v) is 3.79. The maximum Gasteiger partial charge on any atom is 0.290 e. The van der Waals surface area contributed by atoms with Crippen LogP contribution in [-0.4, -0.2) is 9.55 Å². The molecule has 0 bridgehead atoms. The largest absolute Gasteiger partial charge is 0.347 e. The lowest BCUT2D eigenvalue weighted by atomic mass is 10.3. The van der Waals surface area contributed by atoms with E-state index in [1.165, 1.54) is 4.57 Å². The highest BCUT2D eigenvalue weighted by molar-refractivity contribution is 7.71. The quantitative estimate of drug-likeness (QED) is 0.776. The van der Waals surface area contributed by atoms with Gasteiger partial charge in [0.05, 0.1) is 0 Å². The number of hydrogen-bond acceptors (Lipinski definition) is 2. The highest BCUT2D eigenvalue weighted by Crippen LogP contribution is 2.11. The molecule has 0 aliphatic carbocycles. The Balaban J connectivity index is 2.65. The van der Waals surface area contributed by atoms with E-state index in [9.17, 15) is 4.79 Å². The number of hydrogen-bond donors (Lipinski definition) is 1. The van der Waals surface area contributed by atoms with Crippen LogP contribution in [0.25, 0.3) is 5.69 Å². The Morgan fingerprint density at radius 1 is 1.27 bits per heavy atom. The van der Waals surface area contributed by atoms with E-state index in [4.69, 9.17) is 23.8 Å². The van der Waals surface area contributed by atoms with E-state index in [-0.39, 0.29) is 10.2 Å². The summed E-state index contributed by atoms with van der Waals surface area (Å²) >= 11 is 10.6. The van der Waals surface area contributed by atoms with Gasteiger partial charge in [0.2, 0.25) is 0 Å². The van der Waals surface area contributed by atoms with E-state index in [2.05, 4.69) is 4.98 Å². The number of nitrogens with one attached hydrogen (secondary N) is 1. The molecule has 0 radical (unpaired) electrons. The van der Waals surface area contributed by atoms with Crippen LogP contribution < -0.4 is 5.56 Å². The fourth-order valence-electron chi connectivity index (χ4n) is 1.23. The van der Waals surface area contributed by atoms with Crippen molar-refractivity contribution in [3.8, 4) is 5.69 Å². The minimum absolute atomic E-state index is 0.187. The first-order valence-corrected chi connectivity index (χ1v) is 5.03. The minimum Gasteiger partial charge on any atom is -0.347 e. The van der Waals surface area contributed by atoms with Gasteiger partial charge in [-0.05, 0) is 24.3 Å². The summed E-state index contributed by atoms with van der Waals surface area (Å²) in [5.41, 5.74) is 0.499. The maximum absolute atomic E-state index is 11.6. The van der Waals surface area contributed by atoms with E-state index >= 15 is 0 Å². The lowest BCUT2D eigenvalue weighted by Gasteiger charge is -2.04. The van der Waals surface area contributed by atoms with Crippen molar-refractivity contribution in [3.05, 3.63) is 56.7 Å². The SMILES string of the molecule is O=c1c(=S)[nH]ccn1-c1ccc(Cl)cc1. The molecule has 0 aliphatic rings. The average Bonchev–Trinajstić information content (AvgIpc) is 2.24. The number of rotatable bonds is 1. The number of benzene rings is 1. The third-order valence-corrected chi connectivity index (χ3v) is 2.50. The molecular weight excluding hydrogens is 232 g/mol. The van der Waals surface area contributed by atoms with Gasteiger partial charge < -0.3 is 4.98 Å². The highest BCUT2D eigenvalue weighted by atomic mass is 35.5. The number of aromatic amines is 1. The van der Waals surface area contributed by atoms with Gasteiger partial charge in [0.1, 0.15) is 0 Å². The van der Waals surface area contributed by atoms with Crippen molar-refractivity contribution in [2.75, 3.05) is 0 Å². The zero-order valence-electron chi connectivity index (χ0n) is 7.61. The Morgan fingerprint density at radius 3 is 2.60 bits per heavy atom. The molecule has 0 amide bonds. The molecule has 0 aliphatic heterocycles. The topological polar surface area (TPSA) is 37.8 Å². The normalized spacial score (nSPS) is 10.2. The van der Waals surface area contributed by atoms with Crippen LogP contribution in [0.5, 0.6) is 0 Å². The molecule has 0 atom stereocenters. The van der Waals surface area contributed by atoms with Crippen molar-refractivity contribution in [2.24, 2.45) is 0 Å². The minimum atomic E-state index is -0.241. The monoisotopic (exact) mass is 238 g/mol. The zero-order chi connectivity index (χ0) is 10.8. The van der Waals surface area contributed by atoms with Crippen molar-refractivity contribution in [3.63, 3.8) is 0 Å². The van der Waals surface area contributed by atoms with Crippen molar-refractivity contribution in [1.29, 1.82) is 0 Å². The standard InChI is InChI=1S/C10H7ClN2OS/c11-7-1-3-8(4-2-7)13-6-5-12-9(15)10(13)14/h1-6H,(H,12,15). The molecular formula is C10H7ClN2OS. The molecule has 15 heavy (non-hydrogen) atoms. The summed E-state index contributed by atoms with van der Waals surface area (Å²) in [6, 6.07) is 6.98. The summed E-state index contributed by atoms with van der Waals surface area (Å²) in [5.74, 6) is 0.